The lowest BCUT2D eigenvalue weighted by Gasteiger charge is -2.16. The van der Waals surface area contributed by atoms with Crippen LogP contribution in [-0.4, -0.2) is 14.2 Å². The highest BCUT2D eigenvalue weighted by Crippen LogP contribution is 2.33. The summed E-state index contributed by atoms with van der Waals surface area (Å²) in [6, 6.07) is 26.7. The molecule has 0 radical (unpaired) electrons. The van der Waals surface area contributed by atoms with Crippen molar-refractivity contribution in [1.29, 1.82) is 0 Å². The standard InChI is InChI=1S/C23H21BrO2/c1-25-20-12-8-17(9-13-20)22(18-10-14-21(26-2)15-11-18)16-23(24)19-6-4-3-5-7-19/h3-16,22H,1-2H3/b23-16+. The van der Waals surface area contributed by atoms with Gasteiger partial charge in [0.1, 0.15) is 11.5 Å². The van der Waals surface area contributed by atoms with Crippen LogP contribution in [0.3, 0.4) is 0 Å². The van der Waals surface area contributed by atoms with Gasteiger partial charge in [-0.1, -0.05) is 76.6 Å². The van der Waals surface area contributed by atoms with Gasteiger partial charge in [-0.25, -0.2) is 0 Å². The van der Waals surface area contributed by atoms with Crippen LogP contribution in [0.5, 0.6) is 11.5 Å². The van der Waals surface area contributed by atoms with E-state index < -0.39 is 0 Å². The molecule has 0 aliphatic rings. The number of methoxy groups -OCH3 is 2. The summed E-state index contributed by atoms with van der Waals surface area (Å²) in [6.07, 6.45) is 2.24. The van der Waals surface area contributed by atoms with Crippen LogP contribution in [0.25, 0.3) is 4.48 Å². The average molecular weight is 409 g/mol. The van der Waals surface area contributed by atoms with Gasteiger partial charge in [0.05, 0.1) is 14.2 Å². The first kappa shape index (κ1) is 18.3. The second-order valence-corrected chi connectivity index (χ2v) is 6.76. The van der Waals surface area contributed by atoms with Crippen molar-refractivity contribution in [1.82, 2.24) is 0 Å². The van der Waals surface area contributed by atoms with Crippen LogP contribution in [0.1, 0.15) is 22.6 Å². The zero-order chi connectivity index (χ0) is 18.4. The zero-order valence-corrected chi connectivity index (χ0v) is 16.4. The maximum atomic E-state index is 5.29. The largest absolute Gasteiger partial charge is 0.497 e. The summed E-state index contributed by atoms with van der Waals surface area (Å²) < 4.78 is 11.7. The number of ether oxygens (including phenoxy) is 2. The highest BCUT2D eigenvalue weighted by Gasteiger charge is 2.14. The van der Waals surface area contributed by atoms with Crippen molar-refractivity contribution in [3.8, 4) is 11.5 Å². The molecular weight excluding hydrogens is 388 g/mol. The van der Waals surface area contributed by atoms with Crippen molar-refractivity contribution in [2.24, 2.45) is 0 Å². The number of hydrogen-bond acceptors (Lipinski definition) is 2. The third kappa shape index (κ3) is 4.36. The van der Waals surface area contributed by atoms with E-state index in [1.807, 2.05) is 42.5 Å². The Morgan fingerprint density at radius 2 is 1.19 bits per heavy atom. The van der Waals surface area contributed by atoms with Gasteiger partial charge in [0.25, 0.3) is 0 Å². The Morgan fingerprint density at radius 3 is 1.62 bits per heavy atom. The molecule has 0 saturated carbocycles. The summed E-state index contributed by atoms with van der Waals surface area (Å²) in [6.45, 7) is 0. The van der Waals surface area contributed by atoms with Gasteiger partial charge in [-0.15, -0.1) is 0 Å². The fourth-order valence-electron chi connectivity index (χ4n) is 2.85. The predicted octanol–water partition coefficient (Wildman–Crippen LogP) is 6.27. The second-order valence-electron chi connectivity index (χ2n) is 5.90. The molecule has 132 valence electrons. The molecule has 0 fully saturated rings. The van der Waals surface area contributed by atoms with Gasteiger partial charge < -0.3 is 9.47 Å². The molecule has 0 aliphatic carbocycles. The van der Waals surface area contributed by atoms with E-state index in [2.05, 4.69) is 58.4 Å². The van der Waals surface area contributed by atoms with Crippen LogP contribution in [0.2, 0.25) is 0 Å². The Morgan fingerprint density at radius 1 is 0.731 bits per heavy atom. The Kier molecular flexibility index (Phi) is 6.13. The lowest BCUT2D eigenvalue weighted by Crippen LogP contribution is -1.99. The van der Waals surface area contributed by atoms with Crippen LogP contribution >= 0.6 is 15.9 Å². The monoisotopic (exact) mass is 408 g/mol. The average Bonchev–Trinajstić information content (AvgIpc) is 2.73. The summed E-state index contributed by atoms with van der Waals surface area (Å²) in [5, 5.41) is 0. The molecule has 0 spiro atoms. The third-order valence-electron chi connectivity index (χ3n) is 4.31. The van der Waals surface area contributed by atoms with E-state index in [0.29, 0.717) is 0 Å². The normalized spacial score (nSPS) is 11.5. The fourth-order valence-corrected chi connectivity index (χ4v) is 3.38. The van der Waals surface area contributed by atoms with Crippen molar-refractivity contribution in [2.45, 2.75) is 5.92 Å². The number of hydrogen-bond donors (Lipinski definition) is 0. The van der Waals surface area contributed by atoms with Gasteiger partial charge in [0, 0.05) is 10.4 Å². The molecule has 2 nitrogen and oxygen atoms in total. The smallest absolute Gasteiger partial charge is 0.118 e. The van der Waals surface area contributed by atoms with Crippen molar-refractivity contribution in [2.75, 3.05) is 14.2 Å². The van der Waals surface area contributed by atoms with Crippen LogP contribution in [0, 0.1) is 0 Å². The molecule has 0 bridgehead atoms. The minimum atomic E-state index is 0.112. The van der Waals surface area contributed by atoms with Crippen molar-refractivity contribution < 1.29 is 9.47 Å². The van der Waals surface area contributed by atoms with E-state index in [1.165, 1.54) is 11.1 Å². The summed E-state index contributed by atoms with van der Waals surface area (Å²) in [7, 11) is 3.36. The first-order valence-electron chi connectivity index (χ1n) is 8.42. The van der Waals surface area contributed by atoms with Gasteiger partial charge in [0.15, 0.2) is 0 Å². The van der Waals surface area contributed by atoms with Gasteiger partial charge >= 0.3 is 0 Å². The molecule has 0 aliphatic heterocycles. The second kappa shape index (κ2) is 8.72. The third-order valence-corrected chi connectivity index (χ3v) is 5.03. The topological polar surface area (TPSA) is 18.5 Å². The van der Waals surface area contributed by atoms with Crippen molar-refractivity contribution in [3.63, 3.8) is 0 Å². The SMILES string of the molecule is COc1ccc(C(/C=C(/Br)c2ccccc2)c2ccc(OC)cc2)cc1. The van der Waals surface area contributed by atoms with Crippen molar-refractivity contribution in [3.05, 3.63) is 102 Å². The summed E-state index contributed by atoms with van der Waals surface area (Å²) in [5.41, 5.74) is 3.55. The molecule has 0 amide bonds. The van der Waals surface area contributed by atoms with Gasteiger partial charge in [-0.2, -0.15) is 0 Å². The highest BCUT2D eigenvalue weighted by atomic mass is 79.9. The molecule has 0 heterocycles. The molecule has 0 saturated heterocycles. The van der Waals surface area contributed by atoms with Gasteiger partial charge in [-0.05, 0) is 41.0 Å². The molecule has 0 N–H and O–H groups in total. The van der Waals surface area contributed by atoms with Crippen LogP contribution in [0.4, 0.5) is 0 Å². The number of benzene rings is 3. The van der Waals surface area contributed by atoms with E-state index in [0.717, 1.165) is 21.5 Å². The summed E-state index contributed by atoms with van der Waals surface area (Å²) >= 11 is 3.75. The number of allylic oxidation sites excluding steroid dienone is 1. The molecule has 3 heteroatoms. The molecule has 3 aromatic carbocycles. The van der Waals surface area contributed by atoms with E-state index >= 15 is 0 Å². The molecule has 3 aromatic rings. The van der Waals surface area contributed by atoms with Crippen molar-refractivity contribution >= 4 is 20.4 Å². The quantitative estimate of drug-likeness (QED) is 0.478. The first-order valence-corrected chi connectivity index (χ1v) is 9.21. The van der Waals surface area contributed by atoms with Crippen LogP contribution < -0.4 is 9.47 Å². The minimum Gasteiger partial charge on any atom is -0.497 e. The summed E-state index contributed by atoms with van der Waals surface area (Å²) in [5.74, 6) is 1.82. The molecular formula is C23H21BrO2. The first-order chi connectivity index (χ1) is 12.7. The highest BCUT2D eigenvalue weighted by molar-refractivity contribution is 9.15. The molecule has 0 unspecified atom stereocenters. The maximum Gasteiger partial charge on any atom is 0.118 e. The molecule has 3 rings (SSSR count). The van der Waals surface area contributed by atoms with E-state index in [4.69, 9.17) is 9.47 Å². The van der Waals surface area contributed by atoms with Gasteiger partial charge in [-0.3, -0.25) is 0 Å². The van der Waals surface area contributed by atoms with Crippen LogP contribution in [0.15, 0.2) is 84.9 Å². The number of rotatable bonds is 6. The Bertz CT molecular complexity index is 805. The molecule has 0 aromatic heterocycles. The van der Waals surface area contributed by atoms with E-state index in [1.54, 1.807) is 14.2 Å². The predicted molar refractivity (Wildman–Crippen MR) is 111 cm³/mol. The zero-order valence-electron chi connectivity index (χ0n) is 14.9. The van der Waals surface area contributed by atoms with Gasteiger partial charge in [0.2, 0.25) is 0 Å². The lowest BCUT2D eigenvalue weighted by atomic mass is 9.90. The Labute approximate surface area is 163 Å². The van der Waals surface area contributed by atoms with E-state index in [-0.39, 0.29) is 5.92 Å². The van der Waals surface area contributed by atoms with E-state index in [9.17, 15) is 0 Å². The number of halogens is 1. The molecule has 26 heavy (non-hydrogen) atoms. The lowest BCUT2D eigenvalue weighted by molar-refractivity contribution is 0.414. The Balaban J connectivity index is 2.02. The Hall–Kier alpha value is -2.52. The van der Waals surface area contributed by atoms with Crippen LogP contribution in [-0.2, 0) is 0 Å². The summed E-state index contributed by atoms with van der Waals surface area (Å²) in [4.78, 5) is 0. The minimum absolute atomic E-state index is 0.112. The molecule has 0 atom stereocenters. The maximum absolute atomic E-state index is 5.29. The fraction of sp³-hybridized carbons (Fsp3) is 0.130.